The van der Waals surface area contributed by atoms with Gasteiger partial charge in [-0.25, -0.2) is 0 Å². The molecule has 116 valence electrons. The molecule has 4 heteroatoms. The maximum atomic E-state index is 12.0. The highest BCUT2D eigenvalue weighted by atomic mass is 16.3. The summed E-state index contributed by atoms with van der Waals surface area (Å²) in [6.45, 7) is 0.632. The maximum absolute atomic E-state index is 12.0. The van der Waals surface area contributed by atoms with E-state index in [9.17, 15) is 4.79 Å². The molecule has 0 radical (unpaired) electrons. The normalized spacial score (nSPS) is 10.3. The molecular weight excluding hydrogens is 288 g/mol. The third kappa shape index (κ3) is 4.48. The van der Waals surface area contributed by atoms with Crippen LogP contribution >= 0.6 is 0 Å². The molecule has 0 saturated heterocycles. The summed E-state index contributed by atoms with van der Waals surface area (Å²) in [6, 6.07) is 21.1. The molecule has 0 unspecified atom stereocenters. The first-order valence-corrected chi connectivity index (χ1v) is 7.50. The van der Waals surface area contributed by atoms with Crippen molar-refractivity contribution in [1.29, 1.82) is 0 Å². The lowest BCUT2D eigenvalue weighted by atomic mass is 10.1. The van der Waals surface area contributed by atoms with Gasteiger partial charge in [-0.15, -0.1) is 0 Å². The number of furan rings is 1. The Morgan fingerprint density at radius 3 is 2.30 bits per heavy atom. The third-order valence-electron chi connectivity index (χ3n) is 3.42. The summed E-state index contributed by atoms with van der Waals surface area (Å²) in [5.74, 6) is 0.859. The highest BCUT2D eigenvalue weighted by molar-refractivity contribution is 5.92. The standard InChI is InChI=1S/C19H18N2O2/c22-19(13-15-5-2-1-3-6-15)21-17-10-8-16(9-11-17)20-14-18-7-4-12-23-18/h1-12,20H,13-14H2,(H,21,22). The molecule has 3 rings (SSSR count). The molecule has 0 aliphatic heterocycles. The van der Waals surface area contributed by atoms with Crippen molar-refractivity contribution in [3.05, 3.63) is 84.3 Å². The van der Waals surface area contributed by atoms with Gasteiger partial charge in [0.2, 0.25) is 5.91 Å². The van der Waals surface area contributed by atoms with Crippen molar-refractivity contribution < 1.29 is 9.21 Å². The minimum atomic E-state index is -0.0208. The molecule has 1 aromatic heterocycles. The Hall–Kier alpha value is -3.01. The van der Waals surface area contributed by atoms with Gasteiger partial charge in [0.15, 0.2) is 0 Å². The van der Waals surface area contributed by atoms with Crippen molar-refractivity contribution in [1.82, 2.24) is 0 Å². The summed E-state index contributed by atoms with van der Waals surface area (Å²) in [7, 11) is 0. The molecule has 0 saturated carbocycles. The average molecular weight is 306 g/mol. The monoisotopic (exact) mass is 306 g/mol. The van der Waals surface area contributed by atoms with Gasteiger partial charge in [0.25, 0.3) is 0 Å². The van der Waals surface area contributed by atoms with E-state index in [1.165, 1.54) is 0 Å². The summed E-state index contributed by atoms with van der Waals surface area (Å²) in [5.41, 5.74) is 2.76. The van der Waals surface area contributed by atoms with E-state index in [-0.39, 0.29) is 5.91 Å². The Kier molecular flexibility index (Phi) is 4.74. The molecule has 0 aliphatic carbocycles. The van der Waals surface area contributed by atoms with E-state index in [0.29, 0.717) is 13.0 Å². The topological polar surface area (TPSA) is 54.3 Å². The van der Waals surface area contributed by atoms with Crippen LogP contribution in [-0.2, 0) is 17.8 Å². The van der Waals surface area contributed by atoms with Gasteiger partial charge in [0.1, 0.15) is 5.76 Å². The second-order valence-electron chi connectivity index (χ2n) is 5.22. The van der Waals surface area contributed by atoms with E-state index in [1.54, 1.807) is 6.26 Å². The summed E-state index contributed by atoms with van der Waals surface area (Å²) in [6.07, 6.45) is 2.03. The first-order chi connectivity index (χ1) is 11.3. The fourth-order valence-corrected chi connectivity index (χ4v) is 2.26. The Bertz CT molecular complexity index is 735. The quantitative estimate of drug-likeness (QED) is 0.721. The molecule has 2 aromatic carbocycles. The Labute approximate surface area is 135 Å². The number of nitrogens with one attached hydrogen (secondary N) is 2. The van der Waals surface area contributed by atoms with Crippen LogP contribution in [0.25, 0.3) is 0 Å². The number of benzene rings is 2. The maximum Gasteiger partial charge on any atom is 0.228 e. The van der Waals surface area contributed by atoms with Gasteiger partial charge in [-0.2, -0.15) is 0 Å². The van der Waals surface area contributed by atoms with Crippen molar-refractivity contribution in [2.75, 3.05) is 10.6 Å². The molecule has 2 N–H and O–H groups in total. The van der Waals surface area contributed by atoms with Crippen LogP contribution in [0.4, 0.5) is 11.4 Å². The molecule has 1 amide bonds. The zero-order valence-electron chi connectivity index (χ0n) is 12.7. The predicted octanol–water partition coefficient (Wildman–Crippen LogP) is 4.07. The van der Waals surface area contributed by atoms with Gasteiger partial charge < -0.3 is 15.1 Å². The minimum absolute atomic E-state index is 0.0208. The summed E-state index contributed by atoms with van der Waals surface area (Å²) in [5, 5.41) is 6.16. The Balaban J connectivity index is 1.51. The van der Waals surface area contributed by atoms with Crippen LogP contribution in [0.1, 0.15) is 11.3 Å². The fourth-order valence-electron chi connectivity index (χ4n) is 2.26. The smallest absolute Gasteiger partial charge is 0.228 e. The highest BCUT2D eigenvalue weighted by Crippen LogP contribution is 2.15. The molecule has 0 spiro atoms. The van der Waals surface area contributed by atoms with Crippen LogP contribution in [0.2, 0.25) is 0 Å². The van der Waals surface area contributed by atoms with E-state index in [0.717, 1.165) is 22.7 Å². The highest BCUT2D eigenvalue weighted by Gasteiger charge is 2.04. The van der Waals surface area contributed by atoms with E-state index in [1.807, 2.05) is 66.7 Å². The summed E-state index contributed by atoms with van der Waals surface area (Å²) < 4.78 is 5.27. The van der Waals surface area contributed by atoms with Gasteiger partial charge in [-0.1, -0.05) is 30.3 Å². The number of hydrogen-bond acceptors (Lipinski definition) is 3. The van der Waals surface area contributed by atoms with Crippen LogP contribution in [0.15, 0.2) is 77.4 Å². The molecule has 4 nitrogen and oxygen atoms in total. The lowest BCUT2D eigenvalue weighted by molar-refractivity contribution is -0.115. The molecule has 0 atom stereocenters. The van der Waals surface area contributed by atoms with Gasteiger partial charge in [-0.05, 0) is 42.0 Å². The number of rotatable bonds is 6. The molecule has 0 bridgehead atoms. The third-order valence-corrected chi connectivity index (χ3v) is 3.42. The molecule has 1 heterocycles. The van der Waals surface area contributed by atoms with Gasteiger partial charge in [0, 0.05) is 11.4 Å². The average Bonchev–Trinajstić information content (AvgIpc) is 3.08. The number of hydrogen-bond donors (Lipinski definition) is 2. The molecule has 0 fully saturated rings. The Morgan fingerprint density at radius 2 is 1.61 bits per heavy atom. The first-order valence-electron chi connectivity index (χ1n) is 7.50. The molecular formula is C19H18N2O2. The van der Waals surface area contributed by atoms with Crippen molar-refractivity contribution in [3.63, 3.8) is 0 Å². The second kappa shape index (κ2) is 7.31. The largest absolute Gasteiger partial charge is 0.467 e. The summed E-state index contributed by atoms with van der Waals surface area (Å²) in [4.78, 5) is 12.0. The van der Waals surface area contributed by atoms with Crippen molar-refractivity contribution in [3.8, 4) is 0 Å². The van der Waals surface area contributed by atoms with Crippen LogP contribution in [-0.4, -0.2) is 5.91 Å². The SMILES string of the molecule is O=C(Cc1ccccc1)Nc1ccc(NCc2ccco2)cc1. The van der Waals surface area contributed by atoms with Crippen molar-refractivity contribution in [2.24, 2.45) is 0 Å². The van der Waals surface area contributed by atoms with Gasteiger partial charge in [0.05, 0.1) is 19.2 Å². The van der Waals surface area contributed by atoms with Gasteiger partial charge in [-0.3, -0.25) is 4.79 Å². The summed E-state index contributed by atoms with van der Waals surface area (Å²) >= 11 is 0. The zero-order chi connectivity index (χ0) is 15.9. The van der Waals surface area contributed by atoms with E-state index >= 15 is 0 Å². The number of carbonyl (C=O) groups is 1. The zero-order valence-corrected chi connectivity index (χ0v) is 12.7. The van der Waals surface area contributed by atoms with Crippen LogP contribution in [0.3, 0.4) is 0 Å². The number of amides is 1. The molecule has 23 heavy (non-hydrogen) atoms. The van der Waals surface area contributed by atoms with Crippen LogP contribution in [0, 0.1) is 0 Å². The predicted molar refractivity (Wildman–Crippen MR) is 91.3 cm³/mol. The second-order valence-corrected chi connectivity index (χ2v) is 5.22. The fraction of sp³-hybridized carbons (Fsp3) is 0.105. The van der Waals surface area contributed by atoms with Crippen molar-refractivity contribution in [2.45, 2.75) is 13.0 Å². The van der Waals surface area contributed by atoms with E-state index in [2.05, 4.69) is 10.6 Å². The van der Waals surface area contributed by atoms with Crippen LogP contribution in [0.5, 0.6) is 0 Å². The van der Waals surface area contributed by atoms with Crippen LogP contribution < -0.4 is 10.6 Å². The molecule has 3 aromatic rings. The lowest BCUT2D eigenvalue weighted by Gasteiger charge is -2.08. The Morgan fingerprint density at radius 1 is 0.870 bits per heavy atom. The first kappa shape index (κ1) is 14.9. The lowest BCUT2D eigenvalue weighted by Crippen LogP contribution is -2.14. The van der Waals surface area contributed by atoms with E-state index in [4.69, 9.17) is 4.42 Å². The number of carbonyl (C=O) groups excluding carboxylic acids is 1. The van der Waals surface area contributed by atoms with E-state index < -0.39 is 0 Å². The van der Waals surface area contributed by atoms with Crippen molar-refractivity contribution >= 4 is 17.3 Å². The molecule has 0 aliphatic rings. The van der Waals surface area contributed by atoms with Gasteiger partial charge >= 0.3 is 0 Å². The number of anilines is 2. The minimum Gasteiger partial charge on any atom is -0.467 e.